The van der Waals surface area contributed by atoms with Gasteiger partial charge >= 0.3 is 0 Å². The quantitative estimate of drug-likeness (QED) is 0.819. The van der Waals surface area contributed by atoms with Gasteiger partial charge in [-0.2, -0.15) is 0 Å². The molecule has 0 saturated heterocycles. The molecule has 0 heterocycles. The van der Waals surface area contributed by atoms with Gasteiger partial charge < -0.3 is 10.6 Å². The maximum absolute atomic E-state index is 11.1. The number of anilines is 2. The molecule has 1 atom stereocenters. The van der Waals surface area contributed by atoms with Gasteiger partial charge in [-0.3, -0.25) is 4.79 Å². The minimum Gasteiger partial charge on any atom is -0.378 e. The normalized spacial score (nSPS) is 11.8. The van der Waals surface area contributed by atoms with E-state index in [9.17, 15) is 4.79 Å². The third-order valence-corrected chi connectivity index (χ3v) is 3.57. The number of hydrogen-bond acceptors (Lipinski definition) is 2. The van der Waals surface area contributed by atoms with Crippen molar-refractivity contribution < 1.29 is 4.79 Å². The van der Waals surface area contributed by atoms with Gasteiger partial charge in [0.1, 0.15) is 0 Å². The van der Waals surface area contributed by atoms with Crippen LogP contribution >= 0.6 is 23.2 Å². The Kier molecular flexibility index (Phi) is 5.10. The average molecular weight is 323 g/mol. The number of nitrogens with one attached hydrogen (secondary N) is 2. The highest BCUT2D eigenvalue weighted by Crippen LogP contribution is 2.29. The summed E-state index contributed by atoms with van der Waals surface area (Å²) in [6.45, 7) is 3.48. The van der Waals surface area contributed by atoms with Gasteiger partial charge in [0.25, 0.3) is 0 Å². The Hall–Kier alpha value is -1.71. The van der Waals surface area contributed by atoms with Crippen LogP contribution in [0.15, 0.2) is 42.5 Å². The summed E-state index contributed by atoms with van der Waals surface area (Å²) in [5.41, 5.74) is 2.57. The lowest BCUT2D eigenvalue weighted by molar-refractivity contribution is -0.114. The molecule has 110 valence electrons. The van der Waals surface area contributed by atoms with E-state index in [0.29, 0.717) is 10.0 Å². The summed E-state index contributed by atoms with van der Waals surface area (Å²) < 4.78 is 0. The van der Waals surface area contributed by atoms with Gasteiger partial charge in [-0.25, -0.2) is 0 Å². The van der Waals surface area contributed by atoms with E-state index >= 15 is 0 Å². The third-order valence-electron chi connectivity index (χ3n) is 2.99. The van der Waals surface area contributed by atoms with Gasteiger partial charge in [-0.05, 0) is 48.9 Å². The Balaban J connectivity index is 2.17. The molecular formula is C16H16Cl2N2O. The molecule has 0 bridgehead atoms. The predicted octanol–water partition coefficient (Wildman–Crippen LogP) is 5.12. The summed E-state index contributed by atoms with van der Waals surface area (Å²) in [5, 5.41) is 7.41. The molecule has 0 aliphatic carbocycles. The fourth-order valence-corrected chi connectivity index (χ4v) is 2.53. The summed E-state index contributed by atoms with van der Waals surface area (Å²) >= 11 is 12.2. The fraction of sp³-hybridized carbons (Fsp3) is 0.188. The molecular weight excluding hydrogens is 307 g/mol. The lowest BCUT2D eigenvalue weighted by atomic mass is 10.1. The molecule has 0 aromatic heterocycles. The van der Waals surface area contributed by atoms with Crippen LogP contribution < -0.4 is 10.6 Å². The van der Waals surface area contributed by atoms with Gasteiger partial charge in [0.05, 0.1) is 6.04 Å². The van der Waals surface area contributed by atoms with E-state index in [1.165, 1.54) is 6.92 Å². The molecule has 2 aromatic rings. The van der Waals surface area contributed by atoms with E-state index in [-0.39, 0.29) is 11.9 Å². The molecule has 0 aliphatic rings. The minimum absolute atomic E-state index is 0.0104. The van der Waals surface area contributed by atoms with E-state index in [1.54, 1.807) is 12.1 Å². The van der Waals surface area contributed by atoms with Crippen LogP contribution in [0.4, 0.5) is 11.4 Å². The molecule has 1 amide bonds. The van der Waals surface area contributed by atoms with Crippen LogP contribution in [0.25, 0.3) is 0 Å². The number of hydrogen-bond donors (Lipinski definition) is 2. The minimum atomic E-state index is -0.0990. The number of benzene rings is 2. The monoisotopic (exact) mass is 322 g/mol. The summed E-state index contributed by atoms with van der Waals surface area (Å²) in [6.07, 6.45) is 0. The summed E-state index contributed by atoms with van der Waals surface area (Å²) in [6, 6.07) is 12.9. The topological polar surface area (TPSA) is 41.1 Å². The van der Waals surface area contributed by atoms with Crippen molar-refractivity contribution in [2.45, 2.75) is 19.9 Å². The second-order valence-electron chi connectivity index (χ2n) is 4.79. The van der Waals surface area contributed by atoms with Crippen molar-refractivity contribution in [2.24, 2.45) is 0 Å². The summed E-state index contributed by atoms with van der Waals surface area (Å²) in [4.78, 5) is 11.1. The van der Waals surface area contributed by atoms with Gasteiger partial charge in [0, 0.05) is 28.3 Å². The van der Waals surface area contributed by atoms with E-state index in [4.69, 9.17) is 23.2 Å². The number of amides is 1. The molecule has 2 N–H and O–H groups in total. The Morgan fingerprint density at radius 2 is 1.81 bits per heavy atom. The zero-order chi connectivity index (χ0) is 15.4. The first kappa shape index (κ1) is 15.7. The zero-order valence-electron chi connectivity index (χ0n) is 11.8. The number of halogens is 2. The lowest BCUT2D eigenvalue weighted by Gasteiger charge is -2.18. The molecule has 0 saturated carbocycles. The molecule has 2 rings (SSSR count). The lowest BCUT2D eigenvalue weighted by Crippen LogP contribution is -2.09. The highest BCUT2D eigenvalue weighted by molar-refractivity contribution is 6.33. The van der Waals surface area contributed by atoms with Crippen LogP contribution in [0.2, 0.25) is 10.0 Å². The molecule has 3 nitrogen and oxygen atoms in total. The maximum Gasteiger partial charge on any atom is 0.221 e. The molecule has 0 spiro atoms. The highest BCUT2D eigenvalue weighted by atomic mass is 35.5. The number of carbonyl (C=O) groups excluding carboxylic acids is 1. The van der Waals surface area contributed by atoms with Crippen molar-refractivity contribution in [1.29, 1.82) is 0 Å². The van der Waals surface area contributed by atoms with Gasteiger partial charge in [0.15, 0.2) is 0 Å². The Labute approximate surface area is 134 Å². The van der Waals surface area contributed by atoms with Crippen molar-refractivity contribution >= 4 is 40.5 Å². The zero-order valence-corrected chi connectivity index (χ0v) is 13.3. The van der Waals surface area contributed by atoms with Crippen LogP contribution in [0.5, 0.6) is 0 Å². The smallest absolute Gasteiger partial charge is 0.221 e. The van der Waals surface area contributed by atoms with E-state index in [1.807, 2.05) is 37.3 Å². The van der Waals surface area contributed by atoms with Crippen molar-refractivity contribution in [3.63, 3.8) is 0 Å². The largest absolute Gasteiger partial charge is 0.378 e. The van der Waals surface area contributed by atoms with E-state index in [0.717, 1.165) is 16.9 Å². The fourth-order valence-electron chi connectivity index (χ4n) is 2.06. The molecule has 0 aliphatic heterocycles. The van der Waals surface area contributed by atoms with Crippen molar-refractivity contribution in [3.05, 3.63) is 58.1 Å². The summed E-state index contributed by atoms with van der Waals surface area (Å²) in [7, 11) is 0. The van der Waals surface area contributed by atoms with Crippen LogP contribution in [-0.4, -0.2) is 5.91 Å². The third kappa shape index (κ3) is 4.38. The van der Waals surface area contributed by atoms with Crippen LogP contribution in [0.3, 0.4) is 0 Å². The van der Waals surface area contributed by atoms with Gasteiger partial charge in [-0.15, -0.1) is 0 Å². The van der Waals surface area contributed by atoms with E-state index < -0.39 is 0 Å². The molecule has 1 unspecified atom stereocenters. The van der Waals surface area contributed by atoms with Crippen molar-refractivity contribution in [1.82, 2.24) is 0 Å². The standard InChI is InChI=1S/C16H16Cl2N2O/c1-10(15-8-12(17)6-7-16(15)18)19-13-4-3-5-14(9-13)20-11(2)21/h3-10,19H,1-2H3,(H,20,21). The summed E-state index contributed by atoms with van der Waals surface area (Å²) in [5.74, 6) is -0.0990. The molecule has 0 fully saturated rings. The number of rotatable bonds is 4. The Bertz CT molecular complexity index is 658. The van der Waals surface area contributed by atoms with E-state index in [2.05, 4.69) is 10.6 Å². The predicted molar refractivity (Wildman–Crippen MR) is 89.2 cm³/mol. The van der Waals surface area contributed by atoms with Crippen LogP contribution in [-0.2, 0) is 4.79 Å². The second kappa shape index (κ2) is 6.83. The van der Waals surface area contributed by atoms with Crippen molar-refractivity contribution in [3.8, 4) is 0 Å². The molecule has 21 heavy (non-hydrogen) atoms. The van der Waals surface area contributed by atoms with Gasteiger partial charge in [0.2, 0.25) is 5.91 Å². The Morgan fingerprint density at radius 3 is 2.52 bits per heavy atom. The first-order valence-electron chi connectivity index (χ1n) is 6.55. The molecule has 2 aromatic carbocycles. The SMILES string of the molecule is CC(=O)Nc1cccc(NC(C)c2cc(Cl)ccc2Cl)c1. The average Bonchev–Trinajstić information content (AvgIpc) is 2.41. The van der Waals surface area contributed by atoms with Gasteiger partial charge in [-0.1, -0.05) is 29.3 Å². The highest BCUT2D eigenvalue weighted by Gasteiger charge is 2.10. The molecule has 0 radical (unpaired) electrons. The number of carbonyl (C=O) groups is 1. The molecule has 5 heteroatoms. The van der Waals surface area contributed by atoms with Crippen LogP contribution in [0, 0.1) is 0 Å². The first-order chi connectivity index (χ1) is 9.95. The second-order valence-corrected chi connectivity index (χ2v) is 5.64. The van der Waals surface area contributed by atoms with Crippen molar-refractivity contribution in [2.75, 3.05) is 10.6 Å². The van der Waals surface area contributed by atoms with Crippen LogP contribution in [0.1, 0.15) is 25.5 Å². The maximum atomic E-state index is 11.1. The first-order valence-corrected chi connectivity index (χ1v) is 7.30. The Morgan fingerprint density at radius 1 is 1.10 bits per heavy atom.